The van der Waals surface area contributed by atoms with Gasteiger partial charge in [0.25, 0.3) is 11.8 Å². The molecule has 1 aliphatic rings. The first-order valence-corrected chi connectivity index (χ1v) is 9.43. The monoisotopic (exact) mass is 366 g/mol. The summed E-state index contributed by atoms with van der Waals surface area (Å²) < 4.78 is 0. The Hall–Kier alpha value is -2.89. The fourth-order valence-electron chi connectivity index (χ4n) is 3.18. The van der Waals surface area contributed by atoms with Crippen LogP contribution in [-0.4, -0.2) is 54.4 Å². The first kappa shape index (κ1) is 18.9. The molecule has 2 heterocycles. The lowest BCUT2D eigenvalue weighted by atomic mass is 10.1. The molecule has 1 aliphatic heterocycles. The van der Waals surface area contributed by atoms with E-state index in [1.807, 2.05) is 11.8 Å². The lowest BCUT2D eigenvalue weighted by molar-refractivity contribution is 0.0741. The van der Waals surface area contributed by atoms with E-state index in [-0.39, 0.29) is 11.8 Å². The molecule has 0 spiro atoms. The number of piperazine rings is 1. The molecule has 6 nitrogen and oxygen atoms in total. The highest BCUT2D eigenvalue weighted by Crippen LogP contribution is 2.18. The average Bonchev–Trinajstić information content (AvgIpc) is 2.71. The minimum absolute atomic E-state index is 0.121. The van der Waals surface area contributed by atoms with Gasteiger partial charge in [-0.1, -0.05) is 19.1 Å². The standard InChI is InChI=1S/C21H26N4O2/c1-3-8-23-20(26)17-7-9-22-19(15-17)21(27)25-12-10-24(11-13-25)18-6-4-5-16(2)14-18/h4-7,9,14-15H,3,8,10-13H2,1-2H3,(H,23,26). The molecule has 6 heteroatoms. The van der Waals surface area contributed by atoms with Crippen molar-refractivity contribution in [3.05, 3.63) is 59.4 Å². The largest absolute Gasteiger partial charge is 0.368 e. The van der Waals surface area contributed by atoms with Gasteiger partial charge in [-0.15, -0.1) is 0 Å². The van der Waals surface area contributed by atoms with E-state index in [9.17, 15) is 9.59 Å². The fraction of sp³-hybridized carbons (Fsp3) is 0.381. The minimum atomic E-state index is -0.169. The lowest BCUT2D eigenvalue weighted by Crippen LogP contribution is -2.49. The van der Waals surface area contributed by atoms with Gasteiger partial charge in [-0.25, -0.2) is 0 Å². The number of benzene rings is 1. The molecule has 1 fully saturated rings. The zero-order chi connectivity index (χ0) is 19.2. The first-order valence-electron chi connectivity index (χ1n) is 9.43. The molecule has 2 amide bonds. The van der Waals surface area contributed by atoms with Gasteiger partial charge in [0.05, 0.1) is 0 Å². The van der Waals surface area contributed by atoms with Gasteiger partial charge in [0.2, 0.25) is 0 Å². The Morgan fingerprint density at radius 1 is 1.11 bits per heavy atom. The highest BCUT2D eigenvalue weighted by atomic mass is 16.2. The molecular formula is C21H26N4O2. The highest BCUT2D eigenvalue weighted by Gasteiger charge is 2.23. The number of pyridine rings is 1. The van der Waals surface area contributed by atoms with Gasteiger partial charge in [-0.05, 0) is 43.2 Å². The van der Waals surface area contributed by atoms with Crippen molar-refractivity contribution in [3.8, 4) is 0 Å². The molecule has 2 aromatic rings. The quantitative estimate of drug-likeness (QED) is 0.883. The number of carbonyl (C=O) groups is 2. The van der Waals surface area contributed by atoms with Crippen LogP contribution >= 0.6 is 0 Å². The zero-order valence-corrected chi connectivity index (χ0v) is 15.9. The molecule has 1 saturated heterocycles. The molecule has 0 radical (unpaired) electrons. The summed E-state index contributed by atoms with van der Waals surface area (Å²) >= 11 is 0. The number of anilines is 1. The summed E-state index contributed by atoms with van der Waals surface area (Å²) in [7, 11) is 0. The van der Waals surface area contributed by atoms with Crippen molar-refractivity contribution in [2.24, 2.45) is 0 Å². The molecule has 142 valence electrons. The Morgan fingerprint density at radius 2 is 1.89 bits per heavy atom. The molecule has 1 aromatic carbocycles. The molecule has 0 bridgehead atoms. The van der Waals surface area contributed by atoms with E-state index in [2.05, 4.69) is 46.4 Å². The van der Waals surface area contributed by atoms with Crippen LogP contribution in [0.4, 0.5) is 5.69 Å². The van der Waals surface area contributed by atoms with Crippen molar-refractivity contribution in [3.63, 3.8) is 0 Å². The molecule has 0 aliphatic carbocycles. The van der Waals surface area contributed by atoms with Crippen molar-refractivity contribution in [2.45, 2.75) is 20.3 Å². The normalized spacial score (nSPS) is 14.1. The van der Waals surface area contributed by atoms with Crippen molar-refractivity contribution in [1.29, 1.82) is 0 Å². The van der Waals surface area contributed by atoms with Gasteiger partial charge < -0.3 is 15.1 Å². The Balaban J connectivity index is 1.63. The van der Waals surface area contributed by atoms with Crippen LogP contribution in [0.1, 0.15) is 39.8 Å². The fourth-order valence-corrected chi connectivity index (χ4v) is 3.18. The topological polar surface area (TPSA) is 65.5 Å². The number of aryl methyl sites for hydroxylation is 1. The predicted molar refractivity (Wildman–Crippen MR) is 106 cm³/mol. The maximum Gasteiger partial charge on any atom is 0.272 e. The van der Waals surface area contributed by atoms with E-state index in [1.165, 1.54) is 17.4 Å². The van der Waals surface area contributed by atoms with E-state index < -0.39 is 0 Å². The van der Waals surface area contributed by atoms with Crippen LogP contribution in [-0.2, 0) is 0 Å². The van der Waals surface area contributed by atoms with Crippen molar-refractivity contribution < 1.29 is 9.59 Å². The van der Waals surface area contributed by atoms with E-state index in [4.69, 9.17) is 0 Å². The van der Waals surface area contributed by atoms with Gasteiger partial charge in [0.15, 0.2) is 0 Å². The summed E-state index contributed by atoms with van der Waals surface area (Å²) in [4.78, 5) is 33.2. The predicted octanol–water partition coefficient (Wildman–Crippen LogP) is 2.49. The van der Waals surface area contributed by atoms with E-state index in [1.54, 1.807) is 12.1 Å². The minimum Gasteiger partial charge on any atom is -0.368 e. The SMILES string of the molecule is CCCNC(=O)c1ccnc(C(=O)N2CCN(c3cccc(C)c3)CC2)c1. The number of aromatic nitrogens is 1. The average molecular weight is 366 g/mol. The van der Waals surface area contributed by atoms with E-state index >= 15 is 0 Å². The molecule has 0 unspecified atom stereocenters. The maximum absolute atomic E-state index is 12.8. The van der Waals surface area contributed by atoms with Crippen LogP contribution in [0, 0.1) is 6.92 Å². The van der Waals surface area contributed by atoms with Crippen molar-refractivity contribution in [2.75, 3.05) is 37.6 Å². The second-order valence-electron chi connectivity index (χ2n) is 6.80. The molecule has 1 aromatic heterocycles. The summed E-state index contributed by atoms with van der Waals surface area (Å²) in [5.74, 6) is -0.290. The number of hydrogen-bond acceptors (Lipinski definition) is 4. The number of carbonyl (C=O) groups excluding carboxylic acids is 2. The van der Waals surface area contributed by atoms with Crippen LogP contribution in [0.15, 0.2) is 42.6 Å². The van der Waals surface area contributed by atoms with Crippen LogP contribution in [0.5, 0.6) is 0 Å². The van der Waals surface area contributed by atoms with Crippen LogP contribution in [0.3, 0.4) is 0 Å². The number of hydrogen-bond donors (Lipinski definition) is 1. The molecule has 3 rings (SSSR count). The molecular weight excluding hydrogens is 340 g/mol. The summed E-state index contributed by atoms with van der Waals surface area (Å²) in [6.07, 6.45) is 2.39. The van der Waals surface area contributed by atoms with Gasteiger partial charge in [0, 0.05) is 50.2 Å². The Morgan fingerprint density at radius 3 is 2.59 bits per heavy atom. The van der Waals surface area contributed by atoms with Crippen LogP contribution in [0.2, 0.25) is 0 Å². The highest BCUT2D eigenvalue weighted by molar-refractivity contribution is 5.98. The maximum atomic E-state index is 12.8. The lowest BCUT2D eigenvalue weighted by Gasteiger charge is -2.36. The molecule has 0 atom stereocenters. The molecule has 0 saturated carbocycles. The Labute approximate surface area is 160 Å². The van der Waals surface area contributed by atoms with Gasteiger partial charge in [-0.2, -0.15) is 0 Å². The van der Waals surface area contributed by atoms with E-state index in [0.717, 1.165) is 19.5 Å². The zero-order valence-electron chi connectivity index (χ0n) is 15.9. The van der Waals surface area contributed by atoms with E-state index in [0.29, 0.717) is 30.9 Å². The van der Waals surface area contributed by atoms with Gasteiger partial charge in [-0.3, -0.25) is 14.6 Å². The number of nitrogens with zero attached hydrogens (tertiary/aromatic N) is 3. The number of rotatable bonds is 5. The third kappa shape index (κ3) is 4.64. The van der Waals surface area contributed by atoms with Gasteiger partial charge >= 0.3 is 0 Å². The molecule has 1 N–H and O–H groups in total. The summed E-state index contributed by atoms with van der Waals surface area (Å²) in [6, 6.07) is 11.6. The summed E-state index contributed by atoms with van der Waals surface area (Å²) in [5, 5.41) is 2.82. The smallest absolute Gasteiger partial charge is 0.272 e. The molecule has 27 heavy (non-hydrogen) atoms. The van der Waals surface area contributed by atoms with Crippen LogP contribution in [0.25, 0.3) is 0 Å². The van der Waals surface area contributed by atoms with Crippen molar-refractivity contribution in [1.82, 2.24) is 15.2 Å². The number of nitrogens with one attached hydrogen (secondary N) is 1. The van der Waals surface area contributed by atoms with Gasteiger partial charge in [0.1, 0.15) is 5.69 Å². The third-order valence-electron chi connectivity index (χ3n) is 4.71. The Kier molecular flexibility index (Phi) is 6.06. The second-order valence-corrected chi connectivity index (χ2v) is 6.80. The summed E-state index contributed by atoms with van der Waals surface area (Å²) in [5.41, 5.74) is 3.21. The Bertz CT molecular complexity index is 813. The third-order valence-corrected chi connectivity index (χ3v) is 4.71. The first-order chi connectivity index (χ1) is 13.1. The van der Waals surface area contributed by atoms with Crippen molar-refractivity contribution >= 4 is 17.5 Å². The second kappa shape index (κ2) is 8.66. The number of amides is 2. The van der Waals surface area contributed by atoms with Crippen LogP contribution < -0.4 is 10.2 Å². The summed E-state index contributed by atoms with van der Waals surface area (Å²) in [6.45, 7) is 7.54.